The summed E-state index contributed by atoms with van der Waals surface area (Å²) in [6.45, 7) is 12.3. The van der Waals surface area contributed by atoms with E-state index in [-0.39, 0.29) is 5.97 Å². The highest BCUT2D eigenvalue weighted by Gasteiger charge is 2.18. The first kappa shape index (κ1) is 15.6. The van der Waals surface area contributed by atoms with Crippen molar-refractivity contribution in [1.82, 2.24) is 4.98 Å². The molecule has 0 spiro atoms. The van der Waals surface area contributed by atoms with Crippen LogP contribution in [0, 0.1) is 0 Å². The normalized spacial score (nSPS) is 12.7. The molecule has 0 saturated heterocycles. The lowest BCUT2D eigenvalue weighted by Crippen LogP contribution is -2.40. The van der Waals surface area contributed by atoms with Crippen LogP contribution < -0.4 is 5.32 Å². The Morgan fingerprint density at radius 3 is 2.42 bits per heavy atom. The van der Waals surface area contributed by atoms with Crippen molar-refractivity contribution < 1.29 is 9.53 Å². The lowest BCUT2D eigenvalue weighted by molar-refractivity contribution is -0.148. The number of pyridine rings is 1. The first-order valence-electron chi connectivity index (χ1n) is 6.46. The van der Waals surface area contributed by atoms with E-state index in [0.717, 1.165) is 11.0 Å². The van der Waals surface area contributed by atoms with E-state index in [1.807, 2.05) is 32.9 Å². The van der Waals surface area contributed by atoms with E-state index >= 15 is 0 Å². The second kappa shape index (κ2) is 5.69. The molecular weight excluding hydrogens is 254 g/mol. The van der Waals surface area contributed by atoms with Crippen LogP contribution in [0.4, 0.5) is 0 Å². The van der Waals surface area contributed by atoms with Crippen LogP contribution in [0.3, 0.4) is 0 Å². The number of carbonyl (C=O) groups excluding carboxylic acids is 1. The minimum absolute atomic E-state index is 0.340. The Morgan fingerprint density at radius 2 is 1.89 bits per heavy atom. The maximum atomic E-state index is 11.6. The molecule has 0 unspecified atom stereocenters. The summed E-state index contributed by atoms with van der Waals surface area (Å²) in [5.41, 5.74) is 0.334. The van der Waals surface area contributed by atoms with Crippen LogP contribution in [-0.2, 0) is 9.53 Å². The highest BCUT2D eigenvalue weighted by Crippen LogP contribution is 2.08. The first-order valence-corrected chi connectivity index (χ1v) is 9.96. The van der Waals surface area contributed by atoms with Crippen LogP contribution in [0.5, 0.6) is 0 Å². The monoisotopic (exact) mass is 277 g/mol. The highest BCUT2D eigenvalue weighted by molar-refractivity contribution is 6.88. The molecule has 0 amide bonds. The number of aromatic nitrogens is 1. The van der Waals surface area contributed by atoms with Gasteiger partial charge in [0.1, 0.15) is 13.7 Å². The minimum atomic E-state index is -1.42. The summed E-state index contributed by atoms with van der Waals surface area (Å²) in [5, 5.41) is 1.14. The average molecular weight is 277 g/mol. The average Bonchev–Trinajstić information content (AvgIpc) is 2.23. The summed E-state index contributed by atoms with van der Waals surface area (Å²) in [7, 11) is -1.42. The maximum absolute atomic E-state index is 11.6. The number of hydrogen-bond acceptors (Lipinski definition) is 3. The quantitative estimate of drug-likeness (QED) is 0.484. The molecule has 1 rings (SSSR count). The fourth-order valence-electron chi connectivity index (χ4n) is 1.45. The van der Waals surface area contributed by atoms with E-state index in [4.69, 9.17) is 4.74 Å². The van der Waals surface area contributed by atoms with Crippen molar-refractivity contribution in [1.29, 1.82) is 0 Å². The SMILES string of the molecule is CC(C)(C)OC(=O)/C=C/c1cccc([Si](C)(C)C)n1. The molecule has 3 nitrogen and oxygen atoms in total. The number of rotatable bonds is 3. The molecule has 0 aliphatic rings. The van der Waals surface area contributed by atoms with Crippen molar-refractivity contribution in [2.45, 2.75) is 46.0 Å². The van der Waals surface area contributed by atoms with E-state index in [9.17, 15) is 4.79 Å². The molecule has 1 aromatic rings. The van der Waals surface area contributed by atoms with Gasteiger partial charge in [0.15, 0.2) is 0 Å². The molecule has 0 fully saturated rings. The predicted molar refractivity (Wildman–Crippen MR) is 82.1 cm³/mol. The number of hydrogen-bond donors (Lipinski definition) is 0. The Labute approximate surface area is 116 Å². The van der Waals surface area contributed by atoms with Gasteiger partial charge in [-0.05, 0) is 39.0 Å². The molecule has 104 valence electrons. The minimum Gasteiger partial charge on any atom is -0.457 e. The molecule has 0 radical (unpaired) electrons. The lowest BCUT2D eigenvalue weighted by Gasteiger charge is -2.18. The second-order valence-corrected chi connectivity index (χ2v) is 11.6. The third-order valence-electron chi connectivity index (χ3n) is 2.34. The summed E-state index contributed by atoms with van der Waals surface area (Å²) in [4.78, 5) is 16.2. The standard InChI is InChI=1S/C15H23NO2Si/c1-15(2,3)18-14(17)11-10-12-8-7-9-13(16-12)19(4,5)6/h7-11H,1-6H3/b11-10+. The summed E-state index contributed by atoms with van der Waals surface area (Å²) >= 11 is 0. The summed E-state index contributed by atoms with van der Waals surface area (Å²) in [5.74, 6) is -0.340. The summed E-state index contributed by atoms with van der Waals surface area (Å²) in [6.07, 6.45) is 3.14. The predicted octanol–water partition coefficient (Wildman–Crippen LogP) is 2.98. The van der Waals surface area contributed by atoms with Crippen molar-refractivity contribution >= 4 is 25.4 Å². The third-order valence-corrected chi connectivity index (χ3v) is 4.15. The molecule has 0 aliphatic heterocycles. The van der Waals surface area contributed by atoms with Gasteiger partial charge in [-0.3, -0.25) is 4.98 Å². The zero-order valence-electron chi connectivity index (χ0n) is 12.7. The first-order chi connectivity index (χ1) is 8.58. The highest BCUT2D eigenvalue weighted by atomic mass is 28.3. The van der Waals surface area contributed by atoms with Crippen LogP contribution >= 0.6 is 0 Å². The fraction of sp³-hybridized carbons (Fsp3) is 0.467. The number of carbonyl (C=O) groups is 1. The van der Waals surface area contributed by atoms with Gasteiger partial charge in [-0.1, -0.05) is 25.7 Å². The summed E-state index contributed by atoms with van der Waals surface area (Å²) in [6, 6.07) is 5.93. The van der Waals surface area contributed by atoms with Crippen molar-refractivity contribution in [2.24, 2.45) is 0 Å². The molecule has 0 atom stereocenters. The Hall–Kier alpha value is -1.42. The van der Waals surface area contributed by atoms with Gasteiger partial charge < -0.3 is 4.74 Å². The van der Waals surface area contributed by atoms with Gasteiger partial charge in [-0.15, -0.1) is 0 Å². The van der Waals surface area contributed by atoms with Crippen LogP contribution in [0.25, 0.3) is 6.08 Å². The number of esters is 1. The van der Waals surface area contributed by atoms with Gasteiger partial charge in [0.05, 0.1) is 5.69 Å². The molecule has 1 heterocycles. The lowest BCUT2D eigenvalue weighted by atomic mass is 10.2. The van der Waals surface area contributed by atoms with Crippen molar-refractivity contribution in [3.8, 4) is 0 Å². The molecule has 0 saturated carbocycles. The summed E-state index contributed by atoms with van der Waals surface area (Å²) < 4.78 is 5.21. The molecular formula is C15H23NO2Si. The zero-order valence-corrected chi connectivity index (χ0v) is 13.7. The Balaban J connectivity index is 2.80. The molecule has 0 bridgehead atoms. The topological polar surface area (TPSA) is 39.2 Å². The maximum Gasteiger partial charge on any atom is 0.331 e. The fourth-order valence-corrected chi connectivity index (χ4v) is 2.51. The molecule has 0 N–H and O–H groups in total. The van der Waals surface area contributed by atoms with Gasteiger partial charge in [0.2, 0.25) is 0 Å². The van der Waals surface area contributed by atoms with Gasteiger partial charge in [0, 0.05) is 11.4 Å². The number of nitrogens with zero attached hydrogens (tertiary/aromatic N) is 1. The molecule has 0 aromatic carbocycles. The van der Waals surface area contributed by atoms with Gasteiger partial charge in [-0.25, -0.2) is 4.79 Å². The van der Waals surface area contributed by atoms with Crippen LogP contribution in [0.2, 0.25) is 19.6 Å². The third kappa shape index (κ3) is 5.83. The Bertz CT molecular complexity index is 482. The smallest absolute Gasteiger partial charge is 0.331 e. The van der Waals surface area contributed by atoms with E-state index in [0.29, 0.717) is 0 Å². The van der Waals surface area contributed by atoms with Gasteiger partial charge in [0.25, 0.3) is 0 Å². The van der Waals surface area contributed by atoms with Gasteiger partial charge >= 0.3 is 5.97 Å². The van der Waals surface area contributed by atoms with E-state index < -0.39 is 13.7 Å². The van der Waals surface area contributed by atoms with Gasteiger partial charge in [-0.2, -0.15) is 0 Å². The Kier molecular flexibility index (Phi) is 4.69. The van der Waals surface area contributed by atoms with Crippen molar-refractivity contribution in [2.75, 3.05) is 0 Å². The van der Waals surface area contributed by atoms with Crippen LogP contribution in [-0.4, -0.2) is 24.6 Å². The van der Waals surface area contributed by atoms with E-state index in [2.05, 4.69) is 30.7 Å². The molecule has 4 heteroatoms. The zero-order chi connectivity index (χ0) is 14.7. The second-order valence-electron chi connectivity index (χ2n) is 6.56. The van der Waals surface area contributed by atoms with Crippen molar-refractivity contribution in [3.63, 3.8) is 0 Å². The van der Waals surface area contributed by atoms with E-state index in [1.165, 1.54) is 6.08 Å². The van der Waals surface area contributed by atoms with Crippen molar-refractivity contribution in [3.05, 3.63) is 30.0 Å². The number of ether oxygens (including phenoxy) is 1. The molecule has 19 heavy (non-hydrogen) atoms. The van der Waals surface area contributed by atoms with E-state index in [1.54, 1.807) is 6.08 Å². The molecule has 1 aromatic heterocycles. The van der Waals surface area contributed by atoms with Crippen LogP contribution in [0.15, 0.2) is 24.3 Å². The van der Waals surface area contributed by atoms with Crippen LogP contribution in [0.1, 0.15) is 26.5 Å². The molecule has 0 aliphatic carbocycles. The Morgan fingerprint density at radius 1 is 1.26 bits per heavy atom. The largest absolute Gasteiger partial charge is 0.457 e.